The van der Waals surface area contributed by atoms with E-state index >= 15 is 0 Å². The second-order valence-corrected chi connectivity index (χ2v) is 53.9. The van der Waals surface area contributed by atoms with Gasteiger partial charge in [-0.1, -0.05) is 173 Å². The number of benzene rings is 1. The molecule has 69 heavy (non-hydrogen) atoms. The Labute approximate surface area is 440 Å². The van der Waals surface area contributed by atoms with Crippen molar-refractivity contribution in [3.05, 3.63) is 35.9 Å². The second kappa shape index (κ2) is 27.2. The highest BCUT2D eigenvalue weighted by Crippen LogP contribution is 2.45. The molecule has 1 aromatic heterocycles. The predicted molar refractivity (Wildman–Crippen MR) is 319 cm³/mol. The summed E-state index contributed by atoms with van der Waals surface area (Å²) in [7, 11) is -9.90. The van der Waals surface area contributed by atoms with Crippen molar-refractivity contribution in [2.75, 3.05) is 25.8 Å². The molecule has 1 aromatic carbocycles. The fourth-order valence-electron chi connectivity index (χ4n) is 9.33. The lowest BCUT2D eigenvalue weighted by Gasteiger charge is -2.44. The van der Waals surface area contributed by atoms with Crippen molar-refractivity contribution in [2.45, 2.75) is 269 Å². The maximum Gasteiger partial charge on any atom is 0.200 e. The van der Waals surface area contributed by atoms with Crippen molar-refractivity contribution < 1.29 is 27.2 Å². The Kier molecular flexibility index (Phi) is 25.7. The molecule has 0 fully saturated rings. The van der Waals surface area contributed by atoms with E-state index in [-0.39, 0.29) is 46.7 Å². The number of fused-ring (bicyclic) bond motifs is 1. The molecule has 0 amide bonds. The Hall–Kier alpha value is 0.0444. The molecule has 2 aromatic rings. The number of nitrogens with zero attached hydrogens (tertiary/aromatic N) is 1. The molecule has 0 N–H and O–H groups in total. The van der Waals surface area contributed by atoms with Crippen molar-refractivity contribution in [1.29, 1.82) is 0 Å². The lowest BCUT2D eigenvalue weighted by atomic mass is 9.83. The average Bonchev–Trinajstić information content (AvgIpc) is 3.64. The number of ether oxygens (including phenoxy) is 2. The monoisotopic (exact) mass is 1080 g/mol. The van der Waals surface area contributed by atoms with Crippen molar-refractivity contribution >= 4 is 74.7 Å². The third-order valence-corrected chi connectivity index (χ3v) is 40.5. The van der Waals surface area contributed by atoms with E-state index < -0.39 is 41.3 Å². The van der Waals surface area contributed by atoms with Crippen molar-refractivity contribution in [3.8, 4) is 0 Å². The number of aromatic nitrogens is 1. The highest BCUT2D eigenvalue weighted by Gasteiger charge is 2.46. The summed E-state index contributed by atoms with van der Waals surface area (Å²) in [4.78, 5) is 5.06. The van der Waals surface area contributed by atoms with Gasteiger partial charge in [-0.15, -0.1) is 11.3 Å². The Morgan fingerprint density at radius 3 is 1.75 bits per heavy atom. The van der Waals surface area contributed by atoms with Gasteiger partial charge < -0.3 is 27.2 Å². The van der Waals surface area contributed by atoms with Gasteiger partial charge in [0.25, 0.3) is 0 Å². The molecule has 7 nitrogen and oxygen atoms in total. The first-order chi connectivity index (χ1) is 31.5. The standard InChI is InChI=1S/C55H109NO6S2Si5/c1-26-68(27-2,28-3)62-51(55(17,18)40-63-52-56-48-31-29-30-32-50(48)64-52)38-46(33-34-59-69(42(4)5,43(6)7)44(8)9)37-47(61-67(24,25)54(14,15)16)39-49(58-41-57-35-36-65(19,20)21)45(10)60-66(22,23)53(11,12)13/h29-33,42-45,47,49,51H,26-28,34-41H2,1-25H3/b46-33+/t45-,47+,49-,51?/m1/s1. The summed E-state index contributed by atoms with van der Waals surface area (Å²) in [6.07, 6.45) is 4.33. The van der Waals surface area contributed by atoms with Crippen LogP contribution in [0.2, 0.25) is 96.7 Å². The van der Waals surface area contributed by atoms with E-state index in [1.807, 2.05) is 11.8 Å². The van der Waals surface area contributed by atoms with E-state index in [0.717, 1.165) is 59.2 Å². The first kappa shape index (κ1) is 65.2. The minimum Gasteiger partial charge on any atom is -0.414 e. The first-order valence-corrected chi connectivity index (χ1v) is 43.0. The van der Waals surface area contributed by atoms with Crippen molar-refractivity contribution in [1.82, 2.24) is 4.98 Å². The first-order valence-electron chi connectivity index (χ1n) is 27.0. The summed E-state index contributed by atoms with van der Waals surface area (Å²) >= 11 is 3.69. The van der Waals surface area contributed by atoms with Crippen LogP contribution < -0.4 is 0 Å². The van der Waals surface area contributed by atoms with Gasteiger partial charge in [-0.2, -0.15) is 0 Å². The van der Waals surface area contributed by atoms with E-state index in [1.54, 1.807) is 11.3 Å². The SMILES string of the molecule is CC[Si](CC)(CC)OC(C/C(=C/CO[Si](C(C)C)(C(C)C)C(C)C)C[C@@H](C[C@@H](OCOCC[Si](C)(C)C)[C@@H](C)O[Si](C)(C)C(C)(C)C)O[Si](C)(C)C(C)(C)C)C(C)(C)CSc1nc2ccccc2s1. The zero-order chi connectivity index (χ0) is 53.0. The molecule has 402 valence electrons. The molecule has 0 bridgehead atoms. The summed E-state index contributed by atoms with van der Waals surface area (Å²) in [5, 5.41) is 0.0864. The molecule has 0 aliphatic carbocycles. The van der Waals surface area contributed by atoms with Crippen molar-refractivity contribution in [3.63, 3.8) is 0 Å². The van der Waals surface area contributed by atoms with Gasteiger partial charge >= 0.3 is 0 Å². The summed E-state index contributed by atoms with van der Waals surface area (Å²) in [6, 6.07) is 12.9. The number of hydrogen-bond acceptors (Lipinski definition) is 9. The molecular formula is C55H109NO6S2Si5. The van der Waals surface area contributed by atoms with Gasteiger partial charge in [0.2, 0.25) is 8.32 Å². The summed E-state index contributed by atoms with van der Waals surface area (Å²) in [5.74, 6) is 0.910. The molecule has 0 aliphatic rings. The highest BCUT2D eigenvalue weighted by molar-refractivity contribution is 8.01. The Morgan fingerprint density at radius 2 is 1.26 bits per heavy atom. The van der Waals surface area contributed by atoms with Gasteiger partial charge in [0, 0.05) is 26.9 Å². The molecule has 2 rings (SSSR count). The molecule has 0 saturated carbocycles. The van der Waals surface area contributed by atoms with Gasteiger partial charge in [-0.3, -0.25) is 0 Å². The van der Waals surface area contributed by atoms with E-state index in [1.165, 1.54) is 10.3 Å². The molecule has 0 spiro atoms. The topological polar surface area (TPSA) is 68.3 Å². The fourth-order valence-corrected chi connectivity index (χ4v) is 23.5. The average molecular weight is 1090 g/mol. The Bertz CT molecular complexity index is 1760. The normalized spacial score (nSPS) is 16.3. The lowest BCUT2D eigenvalue weighted by molar-refractivity contribution is -0.125. The van der Waals surface area contributed by atoms with Crippen LogP contribution in [0.3, 0.4) is 0 Å². The molecular weight excluding hydrogens is 975 g/mol. The second-order valence-electron chi connectivity index (χ2n) is 26.3. The minimum atomic E-state index is -2.28. The van der Waals surface area contributed by atoms with E-state index in [2.05, 4.69) is 201 Å². The maximum atomic E-state index is 7.78. The molecule has 1 unspecified atom stereocenters. The Balaban J connectivity index is 2.86. The van der Waals surface area contributed by atoms with E-state index in [4.69, 9.17) is 32.2 Å². The Morgan fingerprint density at radius 1 is 0.725 bits per heavy atom. The third-order valence-electron chi connectivity index (χ3n) is 16.3. The highest BCUT2D eigenvalue weighted by atomic mass is 32.2. The quantitative estimate of drug-likeness (QED) is 0.0236. The van der Waals surface area contributed by atoms with Crippen LogP contribution in [-0.2, 0) is 27.2 Å². The summed E-state index contributed by atoms with van der Waals surface area (Å²) in [6.45, 7) is 60.9. The maximum absolute atomic E-state index is 7.78. The van der Waals surface area contributed by atoms with E-state index in [0.29, 0.717) is 29.7 Å². The summed E-state index contributed by atoms with van der Waals surface area (Å²) < 4.78 is 45.6. The lowest BCUT2D eigenvalue weighted by Crippen LogP contribution is -2.49. The van der Waals surface area contributed by atoms with Gasteiger partial charge in [-0.05, 0) is 114 Å². The predicted octanol–water partition coefficient (Wildman–Crippen LogP) is 18.6. The number of thioether (sulfide) groups is 1. The number of thiazole rings is 1. The van der Waals surface area contributed by atoms with Gasteiger partial charge in [0.15, 0.2) is 29.3 Å². The van der Waals surface area contributed by atoms with Crippen LogP contribution in [0.4, 0.5) is 0 Å². The zero-order valence-corrected chi connectivity index (χ0v) is 56.1. The number of hydrogen-bond donors (Lipinski definition) is 0. The largest absolute Gasteiger partial charge is 0.414 e. The summed E-state index contributed by atoms with van der Waals surface area (Å²) in [5.41, 5.74) is 3.78. The number of para-hydroxylation sites is 1. The molecule has 0 saturated heterocycles. The van der Waals surface area contributed by atoms with Crippen LogP contribution in [-0.4, -0.2) is 96.5 Å². The van der Waals surface area contributed by atoms with Crippen molar-refractivity contribution in [2.24, 2.45) is 5.41 Å². The molecule has 4 atom stereocenters. The van der Waals surface area contributed by atoms with Gasteiger partial charge in [-0.25, -0.2) is 4.98 Å². The van der Waals surface area contributed by atoms with Gasteiger partial charge in [0.05, 0.1) is 41.2 Å². The van der Waals surface area contributed by atoms with Crippen LogP contribution >= 0.6 is 23.1 Å². The van der Waals surface area contributed by atoms with Crippen LogP contribution in [0.25, 0.3) is 10.2 Å². The van der Waals surface area contributed by atoms with Crippen LogP contribution in [0.5, 0.6) is 0 Å². The van der Waals surface area contributed by atoms with Crippen LogP contribution in [0.15, 0.2) is 40.3 Å². The minimum absolute atomic E-state index is 0.000574. The van der Waals surface area contributed by atoms with Gasteiger partial charge in [0.1, 0.15) is 6.79 Å². The molecule has 0 radical (unpaired) electrons. The zero-order valence-electron chi connectivity index (χ0n) is 49.4. The molecule has 14 heteroatoms. The van der Waals surface area contributed by atoms with Crippen LogP contribution in [0.1, 0.15) is 144 Å². The third kappa shape index (κ3) is 19.6. The molecule has 1 heterocycles. The smallest absolute Gasteiger partial charge is 0.200 e. The van der Waals surface area contributed by atoms with Crippen LogP contribution in [0, 0.1) is 5.41 Å². The molecule has 0 aliphatic heterocycles. The van der Waals surface area contributed by atoms with E-state index in [9.17, 15) is 0 Å². The fraction of sp³-hybridized carbons (Fsp3) is 0.836. The number of rotatable bonds is 32.